The molecule has 0 aliphatic rings. The van der Waals surface area contributed by atoms with Crippen molar-refractivity contribution in [2.45, 2.75) is 20.0 Å². The lowest BCUT2D eigenvalue weighted by molar-refractivity contribution is -0.136. The van der Waals surface area contributed by atoms with E-state index in [2.05, 4.69) is 0 Å². The van der Waals surface area contributed by atoms with E-state index in [9.17, 15) is 9.59 Å². The van der Waals surface area contributed by atoms with Crippen molar-refractivity contribution < 1.29 is 19.4 Å². The molecule has 0 radical (unpaired) electrons. The molecule has 21 heavy (non-hydrogen) atoms. The average molecular weight is 284 g/mol. The van der Waals surface area contributed by atoms with Gasteiger partial charge in [0.2, 0.25) is 0 Å². The molecule has 0 unspecified atom stereocenters. The summed E-state index contributed by atoms with van der Waals surface area (Å²) in [5.74, 6) is -0.382. The van der Waals surface area contributed by atoms with E-state index < -0.39 is 5.97 Å². The third-order valence-electron chi connectivity index (χ3n) is 3.14. The molecule has 2 aromatic rings. The number of hydrogen-bond donors (Lipinski definition) is 1. The molecule has 0 amide bonds. The second kappa shape index (κ2) is 6.70. The number of aliphatic carboxylic acids is 1. The minimum absolute atomic E-state index is 0.0476. The van der Waals surface area contributed by atoms with Crippen LogP contribution in [0.1, 0.15) is 27.0 Å². The SMILES string of the molecule is Cc1ccc(OCc2ccccc2CC(=O)O)c(C=O)c1. The standard InChI is InChI=1S/C17H16O4/c1-12-6-7-16(15(8-12)10-18)21-11-14-5-3-2-4-13(14)9-17(19)20/h2-8,10H,9,11H2,1H3,(H,19,20). The first-order valence-electron chi connectivity index (χ1n) is 6.57. The Balaban J connectivity index is 2.17. The van der Waals surface area contributed by atoms with Crippen molar-refractivity contribution in [3.05, 3.63) is 64.7 Å². The second-order valence-electron chi connectivity index (χ2n) is 4.79. The highest BCUT2D eigenvalue weighted by atomic mass is 16.5. The fourth-order valence-electron chi connectivity index (χ4n) is 2.08. The molecular weight excluding hydrogens is 268 g/mol. The summed E-state index contributed by atoms with van der Waals surface area (Å²) in [6.07, 6.45) is 0.708. The minimum atomic E-state index is -0.883. The van der Waals surface area contributed by atoms with E-state index in [1.807, 2.05) is 25.1 Å². The quantitative estimate of drug-likeness (QED) is 0.828. The summed E-state index contributed by atoms with van der Waals surface area (Å²) in [4.78, 5) is 21.9. The van der Waals surface area contributed by atoms with E-state index in [0.717, 1.165) is 17.4 Å². The number of hydrogen-bond acceptors (Lipinski definition) is 3. The van der Waals surface area contributed by atoms with E-state index >= 15 is 0 Å². The van der Waals surface area contributed by atoms with E-state index in [0.29, 0.717) is 16.9 Å². The summed E-state index contributed by atoms with van der Waals surface area (Å²) in [6.45, 7) is 2.13. The Morgan fingerprint density at radius 2 is 1.90 bits per heavy atom. The summed E-state index contributed by atoms with van der Waals surface area (Å²) >= 11 is 0. The van der Waals surface area contributed by atoms with Crippen molar-refractivity contribution in [3.63, 3.8) is 0 Å². The number of carbonyl (C=O) groups excluding carboxylic acids is 1. The van der Waals surface area contributed by atoms with Crippen LogP contribution in [0.3, 0.4) is 0 Å². The zero-order valence-corrected chi connectivity index (χ0v) is 11.7. The molecule has 0 aliphatic carbocycles. The molecule has 108 valence electrons. The van der Waals surface area contributed by atoms with Crippen LogP contribution in [0.4, 0.5) is 0 Å². The lowest BCUT2D eigenvalue weighted by atomic mass is 10.1. The van der Waals surface area contributed by atoms with E-state index in [1.165, 1.54) is 0 Å². The van der Waals surface area contributed by atoms with Crippen LogP contribution in [0.2, 0.25) is 0 Å². The first kappa shape index (κ1) is 14.8. The van der Waals surface area contributed by atoms with Gasteiger partial charge in [0.15, 0.2) is 6.29 Å². The molecule has 0 fully saturated rings. The fraction of sp³-hybridized carbons (Fsp3) is 0.176. The van der Waals surface area contributed by atoms with Gasteiger partial charge in [0.05, 0.1) is 12.0 Å². The Morgan fingerprint density at radius 1 is 1.19 bits per heavy atom. The number of benzene rings is 2. The Bertz CT molecular complexity index is 662. The number of carboxylic acids is 1. The molecular formula is C17H16O4. The number of carbonyl (C=O) groups is 2. The maximum Gasteiger partial charge on any atom is 0.307 e. The molecule has 0 spiro atoms. The monoisotopic (exact) mass is 284 g/mol. The van der Waals surface area contributed by atoms with Crippen LogP contribution < -0.4 is 4.74 Å². The molecule has 0 aromatic heterocycles. The van der Waals surface area contributed by atoms with Gasteiger partial charge in [0.25, 0.3) is 0 Å². The van der Waals surface area contributed by atoms with Crippen LogP contribution in [-0.4, -0.2) is 17.4 Å². The second-order valence-corrected chi connectivity index (χ2v) is 4.79. The van der Waals surface area contributed by atoms with Crippen LogP contribution in [0.15, 0.2) is 42.5 Å². The highest BCUT2D eigenvalue weighted by Crippen LogP contribution is 2.20. The zero-order chi connectivity index (χ0) is 15.2. The summed E-state index contributed by atoms with van der Waals surface area (Å²) in [5, 5.41) is 8.90. The van der Waals surface area contributed by atoms with Crippen molar-refractivity contribution in [2.24, 2.45) is 0 Å². The zero-order valence-electron chi connectivity index (χ0n) is 11.7. The molecule has 0 heterocycles. The van der Waals surface area contributed by atoms with Crippen molar-refractivity contribution in [1.82, 2.24) is 0 Å². The van der Waals surface area contributed by atoms with Gasteiger partial charge >= 0.3 is 5.97 Å². The van der Waals surface area contributed by atoms with E-state index in [4.69, 9.17) is 9.84 Å². The Hall–Kier alpha value is -2.62. The predicted octanol–water partition coefficient (Wildman–Crippen LogP) is 3.01. The molecule has 2 aromatic carbocycles. The summed E-state index contributed by atoms with van der Waals surface area (Å²) in [6, 6.07) is 12.6. The maximum absolute atomic E-state index is 11.0. The topological polar surface area (TPSA) is 63.6 Å². The van der Waals surface area contributed by atoms with Gasteiger partial charge in [-0.3, -0.25) is 9.59 Å². The predicted molar refractivity (Wildman–Crippen MR) is 78.7 cm³/mol. The Morgan fingerprint density at radius 3 is 2.57 bits per heavy atom. The van der Waals surface area contributed by atoms with Crippen LogP contribution in [0, 0.1) is 6.92 Å². The van der Waals surface area contributed by atoms with Crippen molar-refractivity contribution in [1.29, 1.82) is 0 Å². The first-order chi connectivity index (χ1) is 10.1. The molecule has 4 nitrogen and oxygen atoms in total. The molecule has 2 rings (SSSR count). The van der Waals surface area contributed by atoms with E-state index in [1.54, 1.807) is 24.3 Å². The van der Waals surface area contributed by atoms with Gasteiger partial charge in [-0.15, -0.1) is 0 Å². The van der Waals surface area contributed by atoms with Gasteiger partial charge in [-0.25, -0.2) is 0 Å². The molecule has 0 aliphatic heterocycles. The van der Waals surface area contributed by atoms with Crippen LogP contribution in [0.5, 0.6) is 5.75 Å². The number of aldehydes is 1. The Kier molecular flexibility index (Phi) is 4.72. The first-order valence-corrected chi connectivity index (χ1v) is 6.57. The van der Waals surface area contributed by atoms with Gasteiger partial charge in [-0.1, -0.05) is 35.9 Å². The molecule has 0 saturated carbocycles. The van der Waals surface area contributed by atoms with Crippen molar-refractivity contribution in [3.8, 4) is 5.75 Å². The molecule has 0 bridgehead atoms. The van der Waals surface area contributed by atoms with Gasteiger partial charge in [-0.2, -0.15) is 0 Å². The normalized spacial score (nSPS) is 10.1. The number of carboxylic acid groups (broad SMARTS) is 1. The number of aryl methyl sites for hydroxylation is 1. The lowest BCUT2D eigenvalue weighted by Gasteiger charge is -2.11. The van der Waals surface area contributed by atoms with Gasteiger partial charge in [0.1, 0.15) is 12.4 Å². The number of ether oxygens (including phenoxy) is 1. The third kappa shape index (κ3) is 3.92. The molecule has 1 N–H and O–H groups in total. The average Bonchev–Trinajstić information content (AvgIpc) is 2.46. The molecule has 4 heteroatoms. The van der Waals surface area contributed by atoms with E-state index in [-0.39, 0.29) is 13.0 Å². The minimum Gasteiger partial charge on any atom is -0.488 e. The lowest BCUT2D eigenvalue weighted by Crippen LogP contribution is -2.06. The van der Waals surface area contributed by atoms with Gasteiger partial charge in [-0.05, 0) is 30.2 Å². The van der Waals surface area contributed by atoms with Gasteiger partial charge < -0.3 is 9.84 Å². The largest absolute Gasteiger partial charge is 0.488 e. The molecule has 0 saturated heterocycles. The fourth-order valence-corrected chi connectivity index (χ4v) is 2.08. The molecule has 0 atom stereocenters. The van der Waals surface area contributed by atoms with Crippen LogP contribution in [-0.2, 0) is 17.8 Å². The Labute approximate surface area is 123 Å². The third-order valence-corrected chi connectivity index (χ3v) is 3.14. The van der Waals surface area contributed by atoms with Crippen molar-refractivity contribution in [2.75, 3.05) is 0 Å². The summed E-state index contributed by atoms with van der Waals surface area (Å²) in [7, 11) is 0. The number of rotatable bonds is 6. The summed E-state index contributed by atoms with van der Waals surface area (Å²) in [5.41, 5.74) is 2.99. The van der Waals surface area contributed by atoms with Crippen LogP contribution >= 0.6 is 0 Å². The van der Waals surface area contributed by atoms with Crippen LogP contribution in [0.25, 0.3) is 0 Å². The summed E-state index contributed by atoms with van der Waals surface area (Å²) < 4.78 is 5.67. The van der Waals surface area contributed by atoms with Gasteiger partial charge in [0, 0.05) is 0 Å². The van der Waals surface area contributed by atoms with Crippen molar-refractivity contribution >= 4 is 12.3 Å². The highest BCUT2D eigenvalue weighted by Gasteiger charge is 2.08. The highest BCUT2D eigenvalue weighted by molar-refractivity contribution is 5.79. The maximum atomic E-state index is 11.0. The smallest absolute Gasteiger partial charge is 0.307 e.